The molecule has 0 fully saturated rings. The number of nitro benzene ring substituents is 1. The first-order valence-electron chi connectivity index (χ1n) is 6.50. The minimum Gasteiger partial charge on any atom is -0.387 e. The average molecular weight is 325 g/mol. The van der Waals surface area contributed by atoms with E-state index in [0.29, 0.717) is 16.8 Å². The van der Waals surface area contributed by atoms with Crippen LogP contribution in [-0.4, -0.2) is 16.6 Å². The standard InChI is InChI=1S/C15H14ClFN2O3/c1-9-6-11(19(21)22)3-5-14(9)18-8-15(20)10-2-4-12(16)13(17)7-10/h2-7,15,18,20H,8H2,1H3. The minimum atomic E-state index is -0.929. The zero-order valence-electron chi connectivity index (χ0n) is 11.7. The molecule has 1 atom stereocenters. The highest BCUT2D eigenvalue weighted by molar-refractivity contribution is 6.30. The summed E-state index contributed by atoms with van der Waals surface area (Å²) < 4.78 is 13.4. The number of aliphatic hydroxyl groups is 1. The maximum Gasteiger partial charge on any atom is 0.269 e. The van der Waals surface area contributed by atoms with Gasteiger partial charge in [0, 0.05) is 24.4 Å². The monoisotopic (exact) mass is 324 g/mol. The molecular weight excluding hydrogens is 311 g/mol. The highest BCUT2D eigenvalue weighted by atomic mass is 35.5. The Kier molecular flexibility index (Phi) is 4.95. The van der Waals surface area contributed by atoms with Gasteiger partial charge >= 0.3 is 0 Å². The normalized spacial score (nSPS) is 12.0. The third kappa shape index (κ3) is 3.72. The Morgan fingerprint density at radius 3 is 2.68 bits per heavy atom. The number of hydrogen-bond donors (Lipinski definition) is 2. The molecule has 1 unspecified atom stereocenters. The maximum absolute atomic E-state index is 13.4. The molecule has 0 amide bonds. The van der Waals surface area contributed by atoms with Gasteiger partial charge in [-0.25, -0.2) is 4.39 Å². The number of nitro groups is 1. The third-order valence-electron chi connectivity index (χ3n) is 3.24. The van der Waals surface area contributed by atoms with Crippen LogP contribution in [0.2, 0.25) is 5.02 Å². The van der Waals surface area contributed by atoms with Crippen molar-refractivity contribution in [1.29, 1.82) is 0 Å². The number of nitrogens with one attached hydrogen (secondary N) is 1. The van der Waals surface area contributed by atoms with Crippen molar-refractivity contribution >= 4 is 23.0 Å². The molecule has 0 spiro atoms. The number of aryl methyl sites for hydroxylation is 1. The molecular formula is C15H14ClFN2O3. The van der Waals surface area contributed by atoms with Crippen LogP contribution in [0, 0.1) is 22.9 Å². The first kappa shape index (κ1) is 16.2. The second kappa shape index (κ2) is 6.72. The molecule has 0 aliphatic carbocycles. The van der Waals surface area contributed by atoms with Crippen LogP contribution in [0.25, 0.3) is 0 Å². The van der Waals surface area contributed by atoms with Crippen LogP contribution in [0.1, 0.15) is 17.2 Å². The fraction of sp³-hybridized carbons (Fsp3) is 0.200. The van der Waals surface area contributed by atoms with Crippen molar-refractivity contribution in [2.45, 2.75) is 13.0 Å². The number of benzene rings is 2. The van der Waals surface area contributed by atoms with Gasteiger partial charge < -0.3 is 10.4 Å². The van der Waals surface area contributed by atoms with Crippen molar-refractivity contribution in [3.05, 3.63) is 68.5 Å². The SMILES string of the molecule is Cc1cc([N+](=O)[O-])ccc1NCC(O)c1ccc(Cl)c(F)c1. The molecule has 7 heteroatoms. The van der Waals surface area contributed by atoms with E-state index in [0.717, 1.165) is 0 Å². The summed E-state index contributed by atoms with van der Waals surface area (Å²) in [5.74, 6) is -0.593. The van der Waals surface area contributed by atoms with Crippen LogP contribution in [0.3, 0.4) is 0 Å². The number of nitrogens with zero attached hydrogens (tertiary/aromatic N) is 1. The minimum absolute atomic E-state index is 0.00312. The van der Waals surface area contributed by atoms with Crippen LogP contribution >= 0.6 is 11.6 Å². The fourth-order valence-electron chi connectivity index (χ4n) is 2.00. The van der Waals surface area contributed by atoms with E-state index in [1.165, 1.54) is 24.3 Å². The van der Waals surface area contributed by atoms with Gasteiger partial charge in [0.1, 0.15) is 5.82 Å². The second-order valence-corrected chi connectivity index (χ2v) is 5.23. The Bertz CT molecular complexity index is 709. The van der Waals surface area contributed by atoms with Gasteiger partial charge in [0.2, 0.25) is 0 Å². The topological polar surface area (TPSA) is 75.4 Å². The first-order valence-corrected chi connectivity index (χ1v) is 6.88. The molecule has 2 N–H and O–H groups in total. The Balaban J connectivity index is 2.06. The fourth-order valence-corrected chi connectivity index (χ4v) is 2.12. The highest BCUT2D eigenvalue weighted by Gasteiger charge is 2.12. The van der Waals surface area contributed by atoms with Gasteiger partial charge in [-0.15, -0.1) is 0 Å². The zero-order valence-corrected chi connectivity index (χ0v) is 12.5. The lowest BCUT2D eigenvalue weighted by Gasteiger charge is -2.15. The lowest BCUT2D eigenvalue weighted by Crippen LogP contribution is -2.13. The van der Waals surface area contributed by atoms with Crippen LogP contribution < -0.4 is 5.32 Å². The molecule has 2 aromatic rings. The van der Waals surface area contributed by atoms with E-state index in [4.69, 9.17) is 11.6 Å². The quantitative estimate of drug-likeness (QED) is 0.647. The van der Waals surface area contributed by atoms with Gasteiger partial charge in [-0.3, -0.25) is 10.1 Å². The summed E-state index contributed by atoms with van der Waals surface area (Å²) in [4.78, 5) is 10.2. The predicted octanol–water partition coefficient (Wildman–Crippen LogP) is 3.84. The highest BCUT2D eigenvalue weighted by Crippen LogP contribution is 2.23. The van der Waals surface area contributed by atoms with Crippen molar-refractivity contribution < 1.29 is 14.4 Å². The smallest absolute Gasteiger partial charge is 0.269 e. The van der Waals surface area contributed by atoms with Gasteiger partial charge in [-0.1, -0.05) is 17.7 Å². The molecule has 2 rings (SSSR count). The molecule has 5 nitrogen and oxygen atoms in total. The predicted molar refractivity (Wildman–Crippen MR) is 82.7 cm³/mol. The molecule has 0 radical (unpaired) electrons. The van der Waals surface area contributed by atoms with Crippen molar-refractivity contribution in [1.82, 2.24) is 0 Å². The third-order valence-corrected chi connectivity index (χ3v) is 3.54. The van der Waals surface area contributed by atoms with Gasteiger partial charge in [0.25, 0.3) is 5.69 Å². The second-order valence-electron chi connectivity index (χ2n) is 4.83. The Hall–Kier alpha value is -2.18. The van der Waals surface area contributed by atoms with E-state index in [1.807, 2.05) is 0 Å². The molecule has 116 valence electrons. The number of halogens is 2. The van der Waals surface area contributed by atoms with Crippen molar-refractivity contribution in [3.63, 3.8) is 0 Å². The van der Waals surface area contributed by atoms with Gasteiger partial charge in [-0.05, 0) is 36.2 Å². The molecule has 0 aromatic heterocycles. The molecule has 2 aromatic carbocycles. The molecule has 0 aliphatic heterocycles. The molecule has 0 saturated heterocycles. The molecule has 0 aliphatic rings. The van der Waals surface area contributed by atoms with Crippen molar-refractivity contribution in [2.75, 3.05) is 11.9 Å². The summed E-state index contributed by atoms with van der Waals surface area (Å²) in [7, 11) is 0. The number of non-ortho nitro benzene ring substituents is 1. The lowest BCUT2D eigenvalue weighted by molar-refractivity contribution is -0.384. The molecule has 22 heavy (non-hydrogen) atoms. The van der Waals surface area contributed by atoms with Gasteiger partial charge in [0.05, 0.1) is 16.0 Å². The number of aliphatic hydroxyl groups excluding tert-OH is 1. The van der Waals surface area contributed by atoms with Crippen LogP contribution in [0.15, 0.2) is 36.4 Å². The van der Waals surface area contributed by atoms with E-state index in [-0.39, 0.29) is 17.3 Å². The first-order chi connectivity index (χ1) is 10.4. The zero-order chi connectivity index (χ0) is 16.3. The number of anilines is 1. The number of rotatable bonds is 5. The Morgan fingerprint density at radius 1 is 1.36 bits per heavy atom. The Morgan fingerprint density at radius 2 is 2.09 bits per heavy atom. The van der Waals surface area contributed by atoms with Crippen molar-refractivity contribution in [3.8, 4) is 0 Å². The summed E-state index contributed by atoms with van der Waals surface area (Å²) in [6.07, 6.45) is -0.929. The number of hydrogen-bond acceptors (Lipinski definition) is 4. The van der Waals surface area contributed by atoms with Crippen LogP contribution in [0.5, 0.6) is 0 Å². The molecule has 0 heterocycles. The summed E-state index contributed by atoms with van der Waals surface area (Å²) in [5.41, 5.74) is 1.75. The van der Waals surface area contributed by atoms with Crippen molar-refractivity contribution in [2.24, 2.45) is 0 Å². The summed E-state index contributed by atoms with van der Waals surface area (Å²) >= 11 is 5.59. The van der Waals surface area contributed by atoms with Crippen LogP contribution in [0.4, 0.5) is 15.8 Å². The van der Waals surface area contributed by atoms with E-state index >= 15 is 0 Å². The van der Waals surface area contributed by atoms with Crippen LogP contribution in [-0.2, 0) is 0 Å². The summed E-state index contributed by atoms with van der Waals surface area (Å²) in [6, 6.07) is 8.49. The van der Waals surface area contributed by atoms with Gasteiger partial charge in [0.15, 0.2) is 0 Å². The Labute approximate surface area is 131 Å². The average Bonchev–Trinajstić information content (AvgIpc) is 2.48. The summed E-state index contributed by atoms with van der Waals surface area (Å²) in [6.45, 7) is 1.86. The molecule has 0 bridgehead atoms. The largest absolute Gasteiger partial charge is 0.387 e. The van der Waals surface area contributed by atoms with E-state index < -0.39 is 16.8 Å². The van der Waals surface area contributed by atoms with E-state index in [9.17, 15) is 19.6 Å². The van der Waals surface area contributed by atoms with E-state index in [1.54, 1.807) is 19.1 Å². The summed E-state index contributed by atoms with van der Waals surface area (Å²) in [5, 5.41) is 23.7. The molecule has 0 saturated carbocycles. The lowest BCUT2D eigenvalue weighted by atomic mass is 10.1. The maximum atomic E-state index is 13.4. The van der Waals surface area contributed by atoms with Gasteiger partial charge in [-0.2, -0.15) is 0 Å². The van der Waals surface area contributed by atoms with E-state index in [2.05, 4.69) is 5.32 Å².